The van der Waals surface area contributed by atoms with Crippen molar-refractivity contribution in [1.82, 2.24) is 15.2 Å². The van der Waals surface area contributed by atoms with Gasteiger partial charge in [-0.05, 0) is 26.0 Å². The molecule has 0 aliphatic heterocycles. The number of hydrogen-bond donors (Lipinski definition) is 0. The lowest BCUT2D eigenvalue weighted by molar-refractivity contribution is 0.871. The van der Waals surface area contributed by atoms with Gasteiger partial charge >= 0.3 is 0 Å². The van der Waals surface area contributed by atoms with Crippen molar-refractivity contribution in [1.29, 1.82) is 5.26 Å². The quantitative estimate of drug-likeness (QED) is 0.803. The Morgan fingerprint density at radius 1 is 1.11 bits per heavy atom. The molecule has 2 aromatic rings. The Morgan fingerprint density at radius 2 is 1.83 bits per heavy atom. The minimum absolute atomic E-state index is 0.487. The number of rotatable bonds is 2. The van der Waals surface area contributed by atoms with Crippen LogP contribution >= 0.6 is 0 Å². The molecule has 0 radical (unpaired) electrons. The monoisotopic (exact) mass is 239 g/mol. The number of nitriles is 1. The molecule has 0 fully saturated rings. The van der Waals surface area contributed by atoms with Crippen molar-refractivity contribution >= 4 is 11.6 Å². The Morgan fingerprint density at radius 3 is 2.50 bits per heavy atom. The second-order valence-corrected chi connectivity index (χ2v) is 3.97. The fourth-order valence-electron chi connectivity index (χ4n) is 1.56. The summed E-state index contributed by atoms with van der Waals surface area (Å²) in [6, 6.07) is 9.48. The summed E-state index contributed by atoms with van der Waals surface area (Å²) in [5.74, 6) is 0.487. The Balaban J connectivity index is 2.45. The molecule has 0 aliphatic rings. The first-order valence-corrected chi connectivity index (χ1v) is 5.54. The van der Waals surface area contributed by atoms with E-state index in [1.54, 1.807) is 11.0 Å². The Kier molecular flexibility index (Phi) is 3.20. The smallest absolute Gasteiger partial charge is 0.249 e. The van der Waals surface area contributed by atoms with E-state index in [1.165, 1.54) is 0 Å². The number of aryl methyl sites for hydroxylation is 2. The molecule has 18 heavy (non-hydrogen) atoms. The summed E-state index contributed by atoms with van der Waals surface area (Å²) in [7, 11) is 1.82. The lowest BCUT2D eigenvalue weighted by Gasteiger charge is -2.18. The van der Waals surface area contributed by atoms with Crippen LogP contribution < -0.4 is 4.90 Å². The number of aromatic nitrogens is 3. The van der Waals surface area contributed by atoms with Crippen molar-refractivity contribution in [2.45, 2.75) is 13.8 Å². The molecule has 0 atom stereocenters. The summed E-state index contributed by atoms with van der Waals surface area (Å²) in [5.41, 5.74) is 2.99. The first-order chi connectivity index (χ1) is 8.63. The third-order valence-electron chi connectivity index (χ3n) is 2.77. The van der Waals surface area contributed by atoms with Gasteiger partial charge in [0.25, 0.3) is 0 Å². The van der Waals surface area contributed by atoms with Gasteiger partial charge in [-0.15, -0.1) is 5.10 Å². The van der Waals surface area contributed by atoms with E-state index < -0.39 is 0 Å². The highest BCUT2D eigenvalue weighted by Gasteiger charge is 2.12. The van der Waals surface area contributed by atoms with Crippen molar-refractivity contribution in [2.75, 3.05) is 11.9 Å². The summed E-state index contributed by atoms with van der Waals surface area (Å²) in [4.78, 5) is 6.13. The van der Waals surface area contributed by atoms with Gasteiger partial charge in [-0.2, -0.15) is 10.4 Å². The van der Waals surface area contributed by atoms with E-state index >= 15 is 0 Å². The van der Waals surface area contributed by atoms with Crippen LogP contribution in [0.3, 0.4) is 0 Å². The van der Waals surface area contributed by atoms with Gasteiger partial charge in [0.2, 0.25) is 5.95 Å². The highest BCUT2D eigenvalue weighted by Crippen LogP contribution is 2.23. The van der Waals surface area contributed by atoms with Gasteiger partial charge in [-0.1, -0.05) is 12.1 Å². The van der Waals surface area contributed by atoms with Crippen LogP contribution in [0.1, 0.15) is 17.0 Å². The predicted octanol–water partition coefficient (Wildman–Crippen LogP) is 2.13. The van der Waals surface area contributed by atoms with Crippen LogP contribution in [0.4, 0.5) is 11.6 Å². The van der Waals surface area contributed by atoms with E-state index in [0.29, 0.717) is 11.5 Å². The summed E-state index contributed by atoms with van der Waals surface area (Å²) < 4.78 is 0. The summed E-state index contributed by atoms with van der Waals surface area (Å²) in [5, 5.41) is 17.2. The molecular formula is C13H13N5. The minimum Gasteiger partial charge on any atom is -0.311 e. The molecular weight excluding hydrogens is 226 g/mol. The maximum absolute atomic E-state index is 9.08. The highest BCUT2D eigenvalue weighted by molar-refractivity contribution is 5.64. The van der Waals surface area contributed by atoms with E-state index in [9.17, 15) is 0 Å². The first-order valence-electron chi connectivity index (χ1n) is 5.54. The first kappa shape index (κ1) is 12.0. The molecule has 1 aromatic heterocycles. The second kappa shape index (κ2) is 4.80. The van der Waals surface area contributed by atoms with Gasteiger partial charge in [0, 0.05) is 7.05 Å². The largest absolute Gasteiger partial charge is 0.311 e. The molecule has 5 heteroatoms. The van der Waals surface area contributed by atoms with Crippen LogP contribution in [0.5, 0.6) is 0 Å². The standard InChI is InChI=1S/C13H13N5/c1-9-10(2)16-17-13(15-9)18(3)12-7-5-4-6-11(12)8-14/h4-7H,1-3H3. The van der Waals surface area contributed by atoms with E-state index in [2.05, 4.69) is 21.3 Å². The molecule has 0 N–H and O–H groups in total. The summed E-state index contributed by atoms with van der Waals surface area (Å²) >= 11 is 0. The van der Waals surface area contributed by atoms with E-state index in [0.717, 1.165) is 17.1 Å². The molecule has 5 nitrogen and oxygen atoms in total. The molecule has 1 heterocycles. The van der Waals surface area contributed by atoms with Gasteiger partial charge in [0.15, 0.2) is 0 Å². The van der Waals surface area contributed by atoms with E-state index in [-0.39, 0.29) is 0 Å². The van der Waals surface area contributed by atoms with E-state index in [4.69, 9.17) is 5.26 Å². The van der Waals surface area contributed by atoms with Gasteiger partial charge in [-0.25, -0.2) is 4.98 Å². The molecule has 0 amide bonds. The Bertz CT molecular complexity index is 615. The molecule has 0 spiro atoms. The molecule has 0 aliphatic carbocycles. The van der Waals surface area contributed by atoms with Gasteiger partial charge in [0.05, 0.1) is 22.6 Å². The van der Waals surface area contributed by atoms with Crippen molar-refractivity contribution in [2.24, 2.45) is 0 Å². The van der Waals surface area contributed by atoms with Crippen molar-refractivity contribution in [3.63, 3.8) is 0 Å². The third-order valence-corrected chi connectivity index (χ3v) is 2.77. The second-order valence-electron chi connectivity index (χ2n) is 3.97. The maximum atomic E-state index is 9.08. The highest BCUT2D eigenvalue weighted by atomic mass is 15.3. The molecule has 1 aromatic carbocycles. The number of hydrogen-bond acceptors (Lipinski definition) is 5. The van der Waals surface area contributed by atoms with Crippen LogP contribution in [0.2, 0.25) is 0 Å². The normalized spacial score (nSPS) is 9.89. The topological polar surface area (TPSA) is 65.7 Å². The van der Waals surface area contributed by atoms with Crippen molar-refractivity contribution < 1.29 is 0 Å². The number of benzene rings is 1. The molecule has 90 valence electrons. The fourth-order valence-corrected chi connectivity index (χ4v) is 1.56. The van der Waals surface area contributed by atoms with Gasteiger partial charge < -0.3 is 4.90 Å². The molecule has 0 saturated heterocycles. The zero-order valence-corrected chi connectivity index (χ0v) is 10.5. The lowest BCUT2D eigenvalue weighted by Crippen LogP contribution is -2.16. The zero-order valence-electron chi connectivity index (χ0n) is 10.5. The average molecular weight is 239 g/mol. The van der Waals surface area contributed by atoms with Crippen LogP contribution in [-0.2, 0) is 0 Å². The number of nitrogens with zero attached hydrogens (tertiary/aromatic N) is 5. The minimum atomic E-state index is 0.487. The van der Waals surface area contributed by atoms with Gasteiger partial charge in [-0.3, -0.25) is 0 Å². The van der Waals surface area contributed by atoms with Crippen LogP contribution in [-0.4, -0.2) is 22.2 Å². The number of para-hydroxylation sites is 1. The molecule has 0 saturated carbocycles. The predicted molar refractivity (Wildman–Crippen MR) is 68.5 cm³/mol. The summed E-state index contributed by atoms with van der Waals surface area (Å²) in [6.45, 7) is 3.75. The van der Waals surface area contributed by atoms with Gasteiger partial charge in [0.1, 0.15) is 6.07 Å². The lowest BCUT2D eigenvalue weighted by atomic mass is 10.2. The van der Waals surface area contributed by atoms with Crippen LogP contribution in [0.25, 0.3) is 0 Å². The molecule has 0 unspecified atom stereocenters. The van der Waals surface area contributed by atoms with Crippen LogP contribution in [0.15, 0.2) is 24.3 Å². The van der Waals surface area contributed by atoms with Crippen molar-refractivity contribution in [3.05, 3.63) is 41.2 Å². The molecule has 2 rings (SSSR count). The summed E-state index contributed by atoms with van der Waals surface area (Å²) in [6.07, 6.45) is 0. The molecule has 0 bridgehead atoms. The van der Waals surface area contributed by atoms with Crippen LogP contribution in [0, 0.1) is 25.2 Å². The SMILES string of the molecule is Cc1nnc(N(C)c2ccccc2C#N)nc1C. The maximum Gasteiger partial charge on any atom is 0.249 e. The Labute approximate surface area is 106 Å². The zero-order chi connectivity index (χ0) is 13.1. The average Bonchev–Trinajstić information content (AvgIpc) is 2.41. The van der Waals surface area contributed by atoms with E-state index in [1.807, 2.05) is 39.1 Å². The fraction of sp³-hybridized carbons (Fsp3) is 0.231. The third kappa shape index (κ3) is 2.13. The van der Waals surface area contributed by atoms with Crippen molar-refractivity contribution in [3.8, 4) is 6.07 Å². The number of anilines is 2. The Hall–Kier alpha value is -2.48.